The number of hydrogen-bond acceptors (Lipinski definition) is 5. The molecule has 1 fully saturated rings. The van der Waals surface area contributed by atoms with Gasteiger partial charge in [-0.3, -0.25) is 9.69 Å². The Morgan fingerprint density at radius 2 is 2.07 bits per heavy atom. The Morgan fingerprint density at radius 3 is 2.78 bits per heavy atom. The topological polar surface area (TPSA) is 61.4 Å². The Hall–Kier alpha value is -2.54. The number of amides is 1. The van der Waals surface area contributed by atoms with E-state index >= 15 is 0 Å². The Bertz CT molecular complexity index is 767. The fourth-order valence-corrected chi connectivity index (χ4v) is 3.42. The molecule has 0 saturated carbocycles. The van der Waals surface area contributed by atoms with Gasteiger partial charge in [-0.05, 0) is 32.4 Å². The molecule has 144 valence electrons. The van der Waals surface area contributed by atoms with Crippen molar-refractivity contribution in [2.75, 3.05) is 32.0 Å². The van der Waals surface area contributed by atoms with Gasteiger partial charge in [-0.25, -0.2) is 14.4 Å². The minimum atomic E-state index is -0.179. The smallest absolute Gasteiger partial charge is 0.257 e. The van der Waals surface area contributed by atoms with Gasteiger partial charge >= 0.3 is 0 Å². The van der Waals surface area contributed by atoms with Crippen LogP contribution >= 0.6 is 0 Å². The maximum atomic E-state index is 13.9. The molecule has 1 atom stereocenters. The van der Waals surface area contributed by atoms with E-state index in [4.69, 9.17) is 0 Å². The number of anilines is 1. The van der Waals surface area contributed by atoms with Crippen LogP contribution in [0.15, 0.2) is 36.7 Å². The van der Waals surface area contributed by atoms with Gasteiger partial charge in [0, 0.05) is 50.7 Å². The van der Waals surface area contributed by atoms with E-state index in [2.05, 4.69) is 20.2 Å². The van der Waals surface area contributed by atoms with Crippen molar-refractivity contribution < 1.29 is 9.18 Å². The van der Waals surface area contributed by atoms with E-state index in [0.717, 1.165) is 32.5 Å². The van der Waals surface area contributed by atoms with Crippen molar-refractivity contribution in [3.63, 3.8) is 0 Å². The molecule has 1 aromatic carbocycles. The summed E-state index contributed by atoms with van der Waals surface area (Å²) in [6, 6.07) is 6.95. The van der Waals surface area contributed by atoms with Crippen molar-refractivity contribution in [1.29, 1.82) is 0 Å². The number of nitrogens with zero attached hydrogens (tertiary/aromatic N) is 4. The zero-order chi connectivity index (χ0) is 19.2. The summed E-state index contributed by atoms with van der Waals surface area (Å²) in [4.78, 5) is 25.1. The Balaban J connectivity index is 1.62. The minimum absolute atomic E-state index is 0.0872. The summed E-state index contributed by atoms with van der Waals surface area (Å²) in [6.45, 7) is 4.89. The average Bonchev–Trinajstić information content (AvgIpc) is 2.70. The van der Waals surface area contributed by atoms with E-state index in [0.29, 0.717) is 23.6 Å². The lowest BCUT2D eigenvalue weighted by atomic mass is 10.0. The highest BCUT2D eigenvalue weighted by Crippen LogP contribution is 2.20. The van der Waals surface area contributed by atoms with E-state index in [1.165, 1.54) is 6.07 Å². The van der Waals surface area contributed by atoms with Crippen LogP contribution in [0.1, 0.15) is 35.7 Å². The van der Waals surface area contributed by atoms with Crippen LogP contribution in [0.4, 0.5) is 10.3 Å². The molecule has 1 aromatic heterocycles. The third-order valence-corrected chi connectivity index (χ3v) is 4.93. The molecule has 6 nitrogen and oxygen atoms in total. The van der Waals surface area contributed by atoms with Gasteiger partial charge in [0.2, 0.25) is 5.95 Å². The fourth-order valence-electron chi connectivity index (χ4n) is 3.42. The molecular formula is C20H26FN5O. The van der Waals surface area contributed by atoms with E-state index in [1.807, 2.05) is 26.1 Å². The minimum Gasteiger partial charge on any atom is -0.355 e. The van der Waals surface area contributed by atoms with Crippen LogP contribution < -0.4 is 5.32 Å². The highest BCUT2D eigenvalue weighted by molar-refractivity contribution is 5.93. The van der Waals surface area contributed by atoms with Crippen LogP contribution in [0.25, 0.3) is 0 Å². The largest absolute Gasteiger partial charge is 0.355 e. The summed E-state index contributed by atoms with van der Waals surface area (Å²) in [7, 11) is 1.82. The average molecular weight is 371 g/mol. The van der Waals surface area contributed by atoms with Crippen molar-refractivity contribution >= 4 is 11.9 Å². The molecule has 0 aliphatic carbocycles. The lowest BCUT2D eigenvalue weighted by molar-refractivity contribution is 0.0607. The zero-order valence-corrected chi connectivity index (χ0v) is 15.9. The van der Waals surface area contributed by atoms with Gasteiger partial charge in [0.15, 0.2) is 0 Å². The third-order valence-electron chi connectivity index (χ3n) is 4.93. The normalized spacial score (nSPS) is 17.5. The van der Waals surface area contributed by atoms with E-state index in [9.17, 15) is 9.18 Å². The van der Waals surface area contributed by atoms with Crippen LogP contribution in [0.5, 0.6) is 0 Å². The molecule has 3 rings (SSSR count). The number of benzene rings is 1. The molecule has 1 N–H and O–H groups in total. The molecule has 0 spiro atoms. The standard InChI is InChI=1S/C20H26FN5O/c1-3-22-20-23-11-16(12-24-20)19(27)25(2)17-8-6-10-26(14-17)13-15-7-4-5-9-18(15)21/h4-5,7,9,11-12,17H,3,6,8,10,13-14H2,1-2H3,(H,22,23,24)/t17-/m0/s1. The summed E-state index contributed by atoms with van der Waals surface area (Å²) in [5.41, 5.74) is 1.17. The first-order valence-electron chi connectivity index (χ1n) is 9.37. The zero-order valence-electron chi connectivity index (χ0n) is 15.9. The first-order valence-corrected chi connectivity index (χ1v) is 9.37. The molecular weight excluding hydrogens is 345 g/mol. The summed E-state index contributed by atoms with van der Waals surface area (Å²) in [5, 5.41) is 3.02. The summed E-state index contributed by atoms with van der Waals surface area (Å²) in [6.07, 6.45) is 5.03. The summed E-state index contributed by atoms with van der Waals surface area (Å²) < 4.78 is 13.9. The fraction of sp³-hybridized carbons (Fsp3) is 0.450. The van der Waals surface area contributed by atoms with Crippen LogP contribution in [0.3, 0.4) is 0 Å². The van der Waals surface area contributed by atoms with E-state index in [1.54, 1.807) is 23.4 Å². The number of likely N-dealkylation sites (N-methyl/N-ethyl adjacent to an activating group) is 1. The maximum absolute atomic E-state index is 13.9. The molecule has 7 heteroatoms. The van der Waals surface area contributed by atoms with Crippen molar-refractivity contribution in [3.8, 4) is 0 Å². The third kappa shape index (κ3) is 4.80. The van der Waals surface area contributed by atoms with Crippen molar-refractivity contribution in [2.24, 2.45) is 0 Å². The number of rotatable bonds is 6. The Labute approximate surface area is 159 Å². The molecule has 27 heavy (non-hydrogen) atoms. The highest BCUT2D eigenvalue weighted by Gasteiger charge is 2.27. The molecule has 0 radical (unpaired) electrons. The first-order chi connectivity index (χ1) is 13.1. The number of carbonyl (C=O) groups is 1. The molecule has 1 amide bonds. The molecule has 1 saturated heterocycles. The van der Waals surface area contributed by atoms with Crippen LogP contribution in [-0.2, 0) is 6.54 Å². The number of nitrogens with one attached hydrogen (secondary N) is 1. The predicted octanol–water partition coefficient (Wildman–Crippen LogP) is 2.78. The second-order valence-electron chi connectivity index (χ2n) is 6.86. The number of aromatic nitrogens is 2. The van der Waals surface area contributed by atoms with Gasteiger partial charge in [0.1, 0.15) is 5.82 Å². The Kier molecular flexibility index (Phi) is 6.34. The maximum Gasteiger partial charge on any atom is 0.257 e. The van der Waals surface area contributed by atoms with Gasteiger partial charge in [-0.2, -0.15) is 0 Å². The van der Waals surface area contributed by atoms with Gasteiger partial charge in [-0.15, -0.1) is 0 Å². The van der Waals surface area contributed by atoms with Crippen molar-refractivity contribution in [1.82, 2.24) is 19.8 Å². The Morgan fingerprint density at radius 1 is 1.33 bits per heavy atom. The molecule has 0 unspecified atom stereocenters. The van der Waals surface area contributed by atoms with Gasteiger partial charge in [0.25, 0.3) is 5.91 Å². The van der Waals surface area contributed by atoms with Crippen molar-refractivity contribution in [3.05, 3.63) is 53.6 Å². The molecule has 0 bridgehead atoms. The molecule has 2 heterocycles. The number of likely N-dealkylation sites (tertiary alicyclic amines) is 1. The van der Waals surface area contributed by atoms with Gasteiger partial charge in [-0.1, -0.05) is 18.2 Å². The molecule has 1 aliphatic rings. The number of halogens is 1. The summed E-state index contributed by atoms with van der Waals surface area (Å²) >= 11 is 0. The number of carbonyl (C=O) groups excluding carboxylic acids is 1. The van der Waals surface area contributed by atoms with Crippen LogP contribution in [-0.4, -0.2) is 58.4 Å². The van der Waals surface area contributed by atoms with Crippen LogP contribution in [0, 0.1) is 5.82 Å². The summed E-state index contributed by atoms with van der Waals surface area (Å²) in [5.74, 6) is 0.253. The molecule has 2 aromatic rings. The second-order valence-corrected chi connectivity index (χ2v) is 6.86. The second kappa shape index (κ2) is 8.90. The monoisotopic (exact) mass is 371 g/mol. The number of piperidine rings is 1. The van der Waals surface area contributed by atoms with E-state index in [-0.39, 0.29) is 17.8 Å². The lowest BCUT2D eigenvalue weighted by Gasteiger charge is -2.37. The quantitative estimate of drug-likeness (QED) is 0.846. The van der Waals surface area contributed by atoms with Crippen molar-refractivity contribution in [2.45, 2.75) is 32.4 Å². The SMILES string of the molecule is CCNc1ncc(C(=O)N(C)[C@H]2CCCN(Cc3ccccc3F)C2)cn1. The molecule has 1 aliphatic heterocycles. The first kappa shape index (κ1) is 19.2. The number of hydrogen-bond donors (Lipinski definition) is 1. The van der Waals surface area contributed by atoms with Gasteiger partial charge < -0.3 is 10.2 Å². The van der Waals surface area contributed by atoms with Crippen LogP contribution in [0.2, 0.25) is 0 Å². The lowest BCUT2D eigenvalue weighted by Crippen LogP contribution is -2.48. The predicted molar refractivity (Wildman–Crippen MR) is 103 cm³/mol. The highest BCUT2D eigenvalue weighted by atomic mass is 19.1. The van der Waals surface area contributed by atoms with E-state index < -0.39 is 0 Å². The van der Waals surface area contributed by atoms with Gasteiger partial charge in [0.05, 0.1) is 5.56 Å².